The zero-order valence-electron chi connectivity index (χ0n) is 16.4. The molecular weight excluding hydrogens is 400 g/mol. The van der Waals surface area contributed by atoms with E-state index >= 15 is 0 Å². The van der Waals surface area contributed by atoms with E-state index in [0.717, 1.165) is 23.2 Å². The molecule has 0 radical (unpaired) electrons. The molecule has 1 atom stereocenters. The number of nitrogens with one attached hydrogen (secondary N) is 1. The van der Waals surface area contributed by atoms with Crippen LogP contribution in [-0.2, 0) is 15.0 Å². The third kappa shape index (κ3) is 2.49. The van der Waals surface area contributed by atoms with E-state index in [-0.39, 0.29) is 17.2 Å². The van der Waals surface area contributed by atoms with Gasteiger partial charge in [-0.3, -0.25) is 9.59 Å². The number of benzene rings is 2. The molecule has 0 bridgehead atoms. The molecule has 1 fully saturated rings. The van der Waals surface area contributed by atoms with Crippen molar-refractivity contribution >= 4 is 51.4 Å². The number of thiocarbonyl (C=S) groups is 1. The lowest BCUT2D eigenvalue weighted by Gasteiger charge is -2.49. The maximum absolute atomic E-state index is 13.6. The minimum Gasteiger partial charge on any atom is -0.307 e. The second-order valence-electron chi connectivity index (χ2n) is 8.58. The van der Waals surface area contributed by atoms with Crippen LogP contribution in [0.4, 0.5) is 5.69 Å². The standard InChI is InChI=1S/C23H20N2O2S2/c1-22(2)12-23(3,13-8-5-4-6-9-13)15-11-7-10-14-16(20(27)25(22)17(14)15)18-19(26)24-21(28)29-18/h4-11H,12H2,1-3H3,(H,24,26,28)/b18-16-/t23-/m0/s1. The quantitative estimate of drug-likeness (QED) is 0.549. The molecule has 2 aromatic rings. The van der Waals surface area contributed by atoms with E-state index in [4.69, 9.17) is 12.2 Å². The van der Waals surface area contributed by atoms with Crippen LogP contribution in [0.15, 0.2) is 53.4 Å². The monoisotopic (exact) mass is 420 g/mol. The van der Waals surface area contributed by atoms with Crippen molar-refractivity contribution in [3.05, 3.63) is 70.1 Å². The third-order valence-corrected chi connectivity index (χ3v) is 7.42. The van der Waals surface area contributed by atoms with E-state index in [1.54, 1.807) is 0 Å². The number of thioether (sulfide) groups is 1. The number of anilines is 1. The summed E-state index contributed by atoms with van der Waals surface area (Å²) in [6.07, 6.45) is 0.784. The largest absolute Gasteiger partial charge is 0.307 e. The molecule has 0 unspecified atom stereocenters. The molecule has 146 valence electrons. The second kappa shape index (κ2) is 6.03. The zero-order chi connectivity index (χ0) is 20.6. The summed E-state index contributed by atoms with van der Waals surface area (Å²) >= 11 is 6.34. The maximum atomic E-state index is 13.6. The van der Waals surface area contributed by atoms with Gasteiger partial charge in [-0.2, -0.15) is 0 Å². The Labute approximate surface area is 179 Å². The number of hydrogen-bond acceptors (Lipinski definition) is 4. The summed E-state index contributed by atoms with van der Waals surface area (Å²) in [5, 5.41) is 2.65. The lowest BCUT2D eigenvalue weighted by atomic mass is 9.65. The number of hydrogen-bond donors (Lipinski definition) is 1. The smallest absolute Gasteiger partial charge is 0.264 e. The van der Waals surface area contributed by atoms with E-state index in [1.165, 1.54) is 17.3 Å². The Hall–Kier alpha value is -2.44. The summed E-state index contributed by atoms with van der Waals surface area (Å²) in [5.74, 6) is -0.403. The molecule has 0 spiro atoms. The predicted molar refractivity (Wildman–Crippen MR) is 121 cm³/mol. The summed E-state index contributed by atoms with van der Waals surface area (Å²) in [6.45, 7) is 6.45. The molecule has 0 saturated carbocycles. The Bertz CT molecular complexity index is 1140. The van der Waals surface area contributed by atoms with Crippen molar-refractivity contribution in [3.8, 4) is 0 Å². The first-order valence-electron chi connectivity index (χ1n) is 9.55. The minimum atomic E-state index is -0.409. The van der Waals surface area contributed by atoms with Crippen molar-refractivity contribution in [3.63, 3.8) is 0 Å². The number of carbonyl (C=O) groups excluding carboxylic acids is 2. The highest BCUT2D eigenvalue weighted by atomic mass is 32.2. The van der Waals surface area contributed by atoms with Gasteiger partial charge >= 0.3 is 0 Å². The molecule has 1 N–H and O–H groups in total. The lowest BCUT2D eigenvalue weighted by molar-refractivity contribution is -0.116. The highest BCUT2D eigenvalue weighted by Gasteiger charge is 2.53. The normalized spacial score (nSPS) is 27.3. The molecule has 0 aromatic heterocycles. The lowest BCUT2D eigenvalue weighted by Crippen LogP contribution is -2.54. The average Bonchev–Trinajstić information content (AvgIpc) is 3.16. The van der Waals surface area contributed by atoms with E-state index in [0.29, 0.717) is 14.8 Å². The fourth-order valence-electron chi connectivity index (χ4n) is 5.14. The second-order valence-corrected chi connectivity index (χ2v) is 10.3. The van der Waals surface area contributed by atoms with Crippen LogP contribution in [0.5, 0.6) is 0 Å². The molecule has 3 aliphatic rings. The highest BCUT2D eigenvalue weighted by Crippen LogP contribution is 2.57. The summed E-state index contributed by atoms with van der Waals surface area (Å²) in [6, 6.07) is 16.5. The summed E-state index contributed by atoms with van der Waals surface area (Å²) in [4.78, 5) is 28.4. The third-order valence-electron chi connectivity index (χ3n) is 6.19. The van der Waals surface area contributed by atoms with E-state index in [9.17, 15) is 9.59 Å². The van der Waals surface area contributed by atoms with Crippen LogP contribution in [0.25, 0.3) is 5.57 Å². The molecule has 0 aliphatic carbocycles. The Morgan fingerprint density at radius 1 is 1.03 bits per heavy atom. The van der Waals surface area contributed by atoms with Gasteiger partial charge in [0.05, 0.1) is 16.2 Å². The number of amides is 2. The molecule has 2 amide bonds. The van der Waals surface area contributed by atoms with E-state index in [1.807, 2.05) is 23.1 Å². The first kappa shape index (κ1) is 18.6. The minimum absolute atomic E-state index is 0.116. The molecule has 2 aromatic carbocycles. The SMILES string of the molecule is CC1(C)C[C@@](C)(c2ccccc2)c2cccc3c2N1C(=O)/C3=C1\SC(=S)NC1=O. The maximum Gasteiger partial charge on any atom is 0.264 e. The molecule has 3 heterocycles. The highest BCUT2D eigenvalue weighted by molar-refractivity contribution is 8.27. The van der Waals surface area contributed by atoms with Gasteiger partial charge in [0, 0.05) is 16.5 Å². The molecule has 4 nitrogen and oxygen atoms in total. The van der Waals surface area contributed by atoms with Crippen LogP contribution in [0.1, 0.15) is 43.9 Å². The first-order chi connectivity index (χ1) is 13.7. The van der Waals surface area contributed by atoms with Crippen molar-refractivity contribution in [2.75, 3.05) is 4.90 Å². The van der Waals surface area contributed by atoms with Crippen LogP contribution in [-0.4, -0.2) is 21.7 Å². The number of carbonyl (C=O) groups is 2. The van der Waals surface area contributed by atoms with Crippen LogP contribution >= 0.6 is 24.0 Å². The predicted octanol–water partition coefficient (Wildman–Crippen LogP) is 4.38. The van der Waals surface area contributed by atoms with Crippen LogP contribution in [0, 0.1) is 0 Å². The zero-order valence-corrected chi connectivity index (χ0v) is 18.0. The molecule has 1 saturated heterocycles. The number of nitrogens with zero attached hydrogens (tertiary/aromatic N) is 1. The van der Waals surface area contributed by atoms with Gasteiger partial charge in [-0.25, -0.2) is 0 Å². The van der Waals surface area contributed by atoms with Crippen LogP contribution in [0.3, 0.4) is 0 Å². The number of rotatable bonds is 1. The van der Waals surface area contributed by atoms with Crippen molar-refractivity contribution in [1.29, 1.82) is 0 Å². The molecule has 5 rings (SSSR count). The van der Waals surface area contributed by atoms with Crippen LogP contribution in [0.2, 0.25) is 0 Å². The van der Waals surface area contributed by atoms with Crippen molar-refractivity contribution in [2.45, 2.75) is 38.1 Å². The summed E-state index contributed by atoms with van der Waals surface area (Å²) in [7, 11) is 0. The Morgan fingerprint density at radius 2 is 1.76 bits per heavy atom. The first-order valence-corrected chi connectivity index (χ1v) is 10.8. The van der Waals surface area contributed by atoms with Gasteiger partial charge < -0.3 is 10.2 Å². The van der Waals surface area contributed by atoms with Gasteiger partial charge in [-0.1, -0.05) is 79.4 Å². The van der Waals surface area contributed by atoms with E-state index < -0.39 is 5.54 Å². The van der Waals surface area contributed by atoms with Crippen molar-refractivity contribution in [2.24, 2.45) is 0 Å². The fourth-order valence-corrected chi connectivity index (χ4v) is 6.25. The van der Waals surface area contributed by atoms with Gasteiger partial charge in [-0.05, 0) is 31.4 Å². The Kier molecular flexibility index (Phi) is 3.86. The van der Waals surface area contributed by atoms with Crippen LogP contribution < -0.4 is 10.2 Å². The van der Waals surface area contributed by atoms with Gasteiger partial charge in [0.25, 0.3) is 11.8 Å². The fraction of sp³-hybridized carbons (Fsp3) is 0.261. The Morgan fingerprint density at radius 3 is 2.41 bits per heavy atom. The van der Waals surface area contributed by atoms with E-state index in [2.05, 4.69) is 56.4 Å². The van der Waals surface area contributed by atoms with Crippen molar-refractivity contribution in [1.82, 2.24) is 5.32 Å². The van der Waals surface area contributed by atoms with Gasteiger partial charge in [0.15, 0.2) is 0 Å². The number of para-hydroxylation sites is 1. The van der Waals surface area contributed by atoms with Gasteiger partial charge in [0.1, 0.15) is 4.32 Å². The van der Waals surface area contributed by atoms with Crippen molar-refractivity contribution < 1.29 is 9.59 Å². The summed E-state index contributed by atoms with van der Waals surface area (Å²) < 4.78 is 0.393. The molecule has 3 aliphatic heterocycles. The topological polar surface area (TPSA) is 49.4 Å². The Balaban J connectivity index is 1.82. The average molecular weight is 421 g/mol. The molecule has 6 heteroatoms. The molecular formula is C23H20N2O2S2. The van der Waals surface area contributed by atoms with Gasteiger partial charge in [0.2, 0.25) is 0 Å². The molecule has 29 heavy (non-hydrogen) atoms. The van der Waals surface area contributed by atoms with Gasteiger partial charge in [-0.15, -0.1) is 0 Å². The summed E-state index contributed by atoms with van der Waals surface area (Å²) in [5.41, 5.74) is 3.91.